The van der Waals surface area contributed by atoms with E-state index in [-0.39, 0.29) is 23.5 Å². The quantitative estimate of drug-likeness (QED) is 0.397. The first-order valence-electron chi connectivity index (χ1n) is 9.40. The molecule has 0 aromatic heterocycles. The smallest absolute Gasteiger partial charge is 0.269 e. The monoisotopic (exact) mass is 436 g/mol. The molecule has 4 rings (SSSR count). The highest BCUT2D eigenvalue weighted by Gasteiger charge is 2.36. The van der Waals surface area contributed by atoms with Gasteiger partial charge in [0.1, 0.15) is 11.9 Å². The molecule has 2 unspecified atom stereocenters. The summed E-state index contributed by atoms with van der Waals surface area (Å²) in [5.74, 6) is 0.679. The van der Waals surface area contributed by atoms with Crippen molar-refractivity contribution in [2.45, 2.75) is 12.1 Å². The van der Waals surface area contributed by atoms with E-state index < -0.39 is 9.85 Å². The van der Waals surface area contributed by atoms with E-state index in [1.807, 2.05) is 36.2 Å². The maximum absolute atomic E-state index is 11.0. The molecule has 8 nitrogen and oxygen atoms in total. The zero-order valence-electron chi connectivity index (χ0n) is 16.4. The zero-order valence-corrected chi connectivity index (χ0v) is 17.1. The molecule has 0 saturated carbocycles. The van der Waals surface area contributed by atoms with Gasteiger partial charge in [0.15, 0.2) is 0 Å². The lowest BCUT2D eigenvalue weighted by atomic mass is 9.94. The molecule has 0 radical (unpaired) electrons. The number of aliphatic imine (C=N–C) groups is 1. The van der Waals surface area contributed by atoms with Crippen molar-refractivity contribution < 1.29 is 9.85 Å². The number of rotatable bonds is 5. The van der Waals surface area contributed by atoms with Gasteiger partial charge in [-0.15, -0.1) is 0 Å². The van der Waals surface area contributed by atoms with E-state index in [0.29, 0.717) is 10.9 Å². The molecule has 156 valence electrons. The number of nitro groups is 2. The highest BCUT2D eigenvalue weighted by atomic mass is 35.5. The van der Waals surface area contributed by atoms with Gasteiger partial charge in [0.2, 0.25) is 0 Å². The van der Waals surface area contributed by atoms with E-state index in [1.165, 1.54) is 24.3 Å². The molecule has 0 fully saturated rings. The van der Waals surface area contributed by atoms with Crippen molar-refractivity contribution in [1.29, 1.82) is 0 Å². The SMILES string of the molecule is CN1C(c2ccc([N+](=O)[O-])cc2)=NC(c2ccc([N+](=O)[O-])cc2)C1c1ccc(Cl)cc1. The van der Waals surface area contributed by atoms with Gasteiger partial charge in [-0.1, -0.05) is 23.7 Å². The summed E-state index contributed by atoms with van der Waals surface area (Å²) >= 11 is 6.06. The summed E-state index contributed by atoms with van der Waals surface area (Å²) in [6, 6.07) is 19.6. The first-order valence-corrected chi connectivity index (χ1v) is 9.78. The van der Waals surface area contributed by atoms with Gasteiger partial charge in [-0.3, -0.25) is 25.2 Å². The minimum atomic E-state index is -0.444. The number of nitrogens with zero attached hydrogens (tertiary/aromatic N) is 4. The highest BCUT2D eigenvalue weighted by molar-refractivity contribution is 6.30. The Labute approximate surface area is 182 Å². The average molecular weight is 437 g/mol. The van der Waals surface area contributed by atoms with Crippen molar-refractivity contribution in [3.8, 4) is 0 Å². The molecule has 1 heterocycles. The number of benzene rings is 3. The molecule has 0 amide bonds. The Kier molecular flexibility index (Phi) is 5.39. The van der Waals surface area contributed by atoms with Crippen molar-refractivity contribution >= 4 is 28.8 Å². The lowest BCUT2D eigenvalue weighted by Gasteiger charge is -2.27. The first kappa shape index (κ1) is 20.5. The number of likely N-dealkylation sites (N-methyl/N-ethyl adjacent to an activating group) is 1. The first-order chi connectivity index (χ1) is 14.8. The number of nitro benzene ring substituents is 2. The predicted octanol–water partition coefficient (Wildman–Crippen LogP) is 5.33. The number of hydrogen-bond donors (Lipinski definition) is 0. The molecule has 0 aliphatic carbocycles. The van der Waals surface area contributed by atoms with Gasteiger partial charge in [-0.25, -0.2) is 0 Å². The third-order valence-electron chi connectivity index (χ3n) is 5.31. The summed E-state index contributed by atoms with van der Waals surface area (Å²) < 4.78 is 0. The van der Waals surface area contributed by atoms with Gasteiger partial charge in [-0.2, -0.15) is 0 Å². The van der Waals surface area contributed by atoms with Crippen LogP contribution in [0.5, 0.6) is 0 Å². The second kappa shape index (κ2) is 8.16. The lowest BCUT2D eigenvalue weighted by Crippen LogP contribution is -2.28. The van der Waals surface area contributed by atoms with Gasteiger partial charge < -0.3 is 4.90 Å². The molecule has 9 heteroatoms. The van der Waals surface area contributed by atoms with Crippen molar-refractivity contribution in [2.75, 3.05) is 7.05 Å². The lowest BCUT2D eigenvalue weighted by molar-refractivity contribution is -0.385. The maximum Gasteiger partial charge on any atom is 0.269 e. The van der Waals surface area contributed by atoms with Crippen LogP contribution in [0.3, 0.4) is 0 Å². The Balaban J connectivity index is 1.77. The van der Waals surface area contributed by atoms with E-state index in [9.17, 15) is 20.2 Å². The van der Waals surface area contributed by atoms with Gasteiger partial charge in [-0.05, 0) is 47.5 Å². The van der Waals surface area contributed by atoms with Crippen LogP contribution in [0, 0.1) is 20.2 Å². The second-order valence-electron chi connectivity index (χ2n) is 7.16. The van der Waals surface area contributed by atoms with E-state index in [2.05, 4.69) is 0 Å². The van der Waals surface area contributed by atoms with Crippen LogP contribution < -0.4 is 0 Å². The van der Waals surface area contributed by atoms with Crippen molar-refractivity contribution in [3.05, 3.63) is 115 Å². The Morgan fingerprint density at radius 2 is 1.29 bits per heavy atom. The summed E-state index contributed by atoms with van der Waals surface area (Å²) in [6.07, 6.45) is 0. The Hall–Kier alpha value is -3.78. The van der Waals surface area contributed by atoms with E-state index in [4.69, 9.17) is 16.6 Å². The third kappa shape index (κ3) is 3.97. The van der Waals surface area contributed by atoms with Crippen molar-refractivity contribution in [3.63, 3.8) is 0 Å². The van der Waals surface area contributed by atoms with Crippen LogP contribution in [0.4, 0.5) is 11.4 Å². The second-order valence-corrected chi connectivity index (χ2v) is 7.59. The van der Waals surface area contributed by atoms with Crippen LogP contribution in [-0.4, -0.2) is 27.6 Å². The molecular weight excluding hydrogens is 420 g/mol. The van der Waals surface area contributed by atoms with Gasteiger partial charge in [0.05, 0.1) is 15.9 Å². The van der Waals surface area contributed by atoms with Crippen LogP contribution in [-0.2, 0) is 0 Å². The van der Waals surface area contributed by atoms with Crippen LogP contribution in [0.15, 0.2) is 77.8 Å². The molecule has 1 aliphatic rings. The summed E-state index contributed by atoms with van der Waals surface area (Å²) in [5, 5.41) is 22.6. The zero-order chi connectivity index (χ0) is 22.1. The molecule has 0 bridgehead atoms. The van der Waals surface area contributed by atoms with Crippen LogP contribution in [0.2, 0.25) is 5.02 Å². The minimum Gasteiger partial charge on any atom is -0.350 e. The van der Waals surface area contributed by atoms with Gasteiger partial charge >= 0.3 is 0 Å². The Bertz CT molecular complexity index is 1160. The topological polar surface area (TPSA) is 102 Å². The number of hydrogen-bond acceptors (Lipinski definition) is 6. The Morgan fingerprint density at radius 3 is 1.81 bits per heavy atom. The third-order valence-corrected chi connectivity index (χ3v) is 5.56. The molecule has 3 aromatic carbocycles. The maximum atomic E-state index is 11.0. The van der Waals surface area contributed by atoms with E-state index in [0.717, 1.165) is 16.7 Å². The fourth-order valence-electron chi connectivity index (χ4n) is 3.76. The average Bonchev–Trinajstić information content (AvgIpc) is 3.11. The Morgan fingerprint density at radius 1 is 0.806 bits per heavy atom. The molecule has 3 aromatic rings. The molecule has 31 heavy (non-hydrogen) atoms. The van der Waals surface area contributed by atoms with Crippen molar-refractivity contribution in [1.82, 2.24) is 4.90 Å². The molecule has 0 saturated heterocycles. The number of amidine groups is 1. The molecule has 0 spiro atoms. The van der Waals surface area contributed by atoms with Crippen LogP contribution >= 0.6 is 11.6 Å². The fraction of sp³-hybridized carbons (Fsp3) is 0.136. The van der Waals surface area contributed by atoms with Gasteiger partial charge in [0.25, 0.3) is 11.4 Å². The largest absolute Gasteiger partial charge is 0.350 e. The molecular formula is C22H17ClN4O4. The molecule has 0 N–H and O–H groups in total. The summed E-state index contributed by atoms with van der Waals surface area (Å²) in [4.78, 5) is 28.0. The highest BCUT2D eigenvalue weighted by Crippen LogP contribution is 2.43. The van der Waals surface area contributed by atoms with Crippen molar-refractivity contribution in [2.24, 2.45) is 4.99 Å². The summed E-state index contributed by atoms with van der Waals surface area (Å²) in [7, 11) is 1.91. The predicted molar refractivity (Wildman–Crippen MR) is 117 cm³/mol. The fourth-order valence-corrected chi connectivity index (χ4v) is 3.89. The number of non-ortho nitro benzene ring substituents is 2. The van der Waals surface area contributed by atoms with Crippen LogP contribution in [0.25, 0.3) is 0 Å². The molecule has 1 aliphatic heterocycles. The number of halogens is 1. The van der Waals surface area contributed by atoms with E-state index >= 15 is 0 Å². The van der Waals surface area contributed by atoms with Crippen LogP contribution in [0.1, 0.15) is 28.8 Å². The van der Waals surface area contributed by atoms with Gasteiger partial charge in [0, 0.05) is 41.9 Å². The summed E-state index contributed by atoms with van der Waals surface area (Å²) in [6.45, 7) is 0. The summed E-state index contributed by atoms with van der Waals surface area (Å²) in [5.41, 5.74) is 2.57. The molecule has 2 atom stereocenters. The standard InChI is InChI=1S/C22H17ClN4O4/c1-25-21(15-2-8-17(23)9-3-15)20(14-4-10-18(11-5-14)26(28)29)24-22(25)16-6-12-19(13-7-16)27(30)31/h2-13,20-21H,1H3. The van der Waals surface area contributed by atoms with E-state index in [1.54, 1.807) is 24.3 Å². The normalized spacial score (nSPS) is 18.0. The minimum absolute atomic E-state index is 0.00571.